The minimum absolute atomic E-state index is 0.0193. The van der Waals surface area contributed by atoms with Gasteiger partial charge in [0.05, 0.1) is 22.9 Å². The van der Waals surface area contributed by atoms with Crippen molar-refractivity contribution in [2.24, 2.45) is 0 Å². The zero-order valence-corrected chi connectivity index (χ0v) is 20.3. The molecular formula is C25H21Cl2NO7. The second-order valence-electron chi connectivity index (χ2n) is 7.37. The molecular weight excluding hydrogens is 497 g/mol. The number of hydrogen-bond donors (Lipinski definition) is 2. The fourth-order valence-corrected chi connectivity index (χ4v) is 3.60. The van der Waals surface area contributed by atoms with Crippen molar-refractivity contribution < 1.29 is 34.1 Å². The average Bonchev–Trinajstić information content (AvgIpc) is 2.82. The molecule has 0 radical (unpaired) electrons. The molecule has 0 unspecified atom stereocenters. The number of carbonyl (C=O) groups is 3. The number of amides is 1. The number of ether oxygens (including phenoxy) is 2. The normalized spacial score (nSPS) is 10.5. The Morgan fingerprint density at radius 3 is 2.29 bits per heavy atom. The molecule has 0 saturated heterocycles. The molecule has 0 aliphatic carbocycles. The second-order valence-corrected chi connectivity index (χ2v) is 8.12. The lowest BCUT2D eigenvalue weighted by Gasteiger charge is -2.22. The molecule has 0 atom stereocenters. The number of aromatic hydroxyl groups is 1. The van der Waals surface area contributed by atoms with Gasteiger partial charge in [-0.05, 0) is 44.2 Å². The first-order valence-corrected chi connectivity index (χ1v) is 11.1. The molecule has 0 heterocycles. The van der Waals surface area contributed by atoms with Crippen molar-refractivity contribution in [1.82, 2.24) is 0 Å². The van der Waals surface area contributed by atoms with Crippen LogP contribution in [-0.4, -0.2) is 41.2 Å². The van der Waals surface area contributed by atoms with Gasteiger partial charge in [0.25, 0.3) is 0 Å². The van der Waals surface area contributed by atoms with E-state index < -0.39 is 24.4 Å². The number of phenols is 1. The van der Waals surface area contributed by atoms with Gasteiger partial charge in [-0.1, -0.05) is 53.0 Å². The van der Waals surface area contributed by atoms with Crippen molar-refractivity contribution in [2.45, 2.75) is 13.8 Å². The number of hydrogen-bond acceptors (Lipinski definition) is 6. The number of halogens is 2. The summed E-state index contributed by atoms with van der Waals surface area (Å²) in [6.45, 7) is 2.81. The summed E-state index contributed by atoms with van der Waals surface area (Å²) in [4.78, 5) is 37.2. The highest BCUT2D eigenvalue weighted by molar-refractivity contribution is 6.45. The van der Waals surface area contributed by atoms with Crippen LogP contribution in [0.25, 0.3) is 0 Å². The van der Waals surface area contributed by atoms with Crippen LogP contribution < -0.4 is 9.64 Å². The van der Waals surface area contributed by atoms with E-state index in [0.29, 0.717) is 5.56 Å². The number of anilines is 1. The van der Waals surface area contributed by atoms with E-state index in [1.807, 2.05) is 6.92 Å². The Hall–Kier alpha value is -3.75. The Labute approximate surface area is 211 Å². The van der Waals surface area contributed by atoms with E-state index in [4.69, 9.17) is 37.8 Å². The first-order chi connectivity index (χ1) is 16.6. The minimum Gasteiger partial charge on any atom is -0.507 e. The van der Waals surface area contributed by atoms with Crippen LogP contribution in [0.15, 0.2) is 54.6 Å². The molecule has 8 nitrogen and oxygen atoms in total. The second kappa shape index (κ2) is 11.1. The highest BCUT2D eigenvalue weighted by atomic mass is 35.5. The third-order valence-electron chi connectivity index (χ3n) is 4.85. The number of phenolic OH excluding ortho intramolecular Hbond substituents is 1. The maximum atomic E-state index is 12.9. The number of aliphatic carboxylic acids is 1. The maximum absolute atomic E-state index is 12.9. The summed E-state index contributed by atoms with van der Waals surface area (Å²) >= 11 is 12.7. The number of aryl methyl sites for hydroxylation is 1. The Morgan fingerprint density at radius 2 is 1.66 bits per heavy atom. The van der Waals surface area contributed by atoms with Crippen LogP contribution in [0.1, 0.15) is 28.4 Å². The molecule has 0 aromatic heterocycles. The first-order valence-electron chi connectivity index (χ1n) is 10.4. The molecule has 0 saturated carbocycles. The van der Waals surface area contributed by atoms with Crippen LogP contribution in [0.5, 0.6) is 17.2 Å². The maximum Gasteiger partial charge on any atom is 0.414 e. The lowest BCUT2D eigenvalue weighted by molar-refractivity contribution is -0.135. The van der Waals surface area contributed by atoms with Crippen molar-refractivity contribution >= 4 is 46.7 Å². The zero-order valence-electron chi connectivity index (χ0n) is 18.7. The van der Waals surface area contributed by atoms with Gasteiger partial charge in [0.2, 0.25) is 0 Å². The van der Waals surface area contributed by atoms with Gasteiger partial charge in [0, 0.05) is 5.56 Å². The molecule has 182 valence electrons. The fourth-order valence-electron chi connectivity index (χ4n) is 3.14. The number of carboxylic acid groups (broad SMARTS) is 1. The third-order valence-corrected chi connectivity index (χ3v) is 5.71. The van der Waals surface area contributed by atoms with Crippen LogP contribution in [0.4, 0.5) is 10.5 Å². The van der Waals surface area contributed by atoms with Gasteiger partial charge in [0.1, 0.15) is 28.8 Å². The lowest BCUT2D eigenvalue weighted by Crippen LogP contribution is -2.36. The number of benzene rings is 3. The Bertz CT molecular complexity index is 1280. The van der Waals surface area contributed by atoms with E-state index in [-0.39, 0.29) is 45.2 Å². The van der Waals surface area contributed by atoms with Gasteiger partial charge in [-0.3, -0.25) is 14.5 Å². The summed E-state index contributed by atoms with van der Waals surface area (Å²) in [6.07, 6.45) is -0.903. The molecule has 0 bridgehead atoms. The Morgan fingerprint density at radius 1 is 0.971 bits per heavy atom. The van der Waals surface area contributed by atoms with Gasteiger partial charge in [-0.25, -0.2) is 4.79 Å². The first kappa shape index (κ1) is 25.9. The minimum atomic E-state index is -1.28. The van der Waals surface area contributed by atoms with E-state index in [9.17, 15) is 19.5 Å². The molecule has 1 amide bonds. The molecule has 0 aliphatic heterocycles. The summed E-state index contributed by atoms with van der Waals surface area (Å²) in [5.41, 5.74) is 1.43. The van der Waals surface area contributed by atoms with Crippen molar-refractivity contribution in [1.29, 1.82) is 0 Å². The zero-order chi connectivity index (χ0) is 25.7. The van der Waals surface area contributed by atoms with Crippen LogP contribution in [-0.2, 0) is 9.53 Å². The smallest absolute Gasteiger partial charge is 0.414 e. The number of ketones is 1. The topological polar surface area (TPSA) is 113 Å². The van der Waals surface area contributed by atoms with Crippen molar-refractivity contribution in [3.05, 3.63) is 81.3 Å². The summed E-state index contributed by atoms with van der Waals surface area (Å²) in [7, 11) is 0. The van der Waals surface area contributed by atoms with Crippen molar-refractivity contribution in [3.8, 4) is 17.2 Å². The van der Waals surface area contributed by atoms with Gasteiger partial charge in [-0.2, -0.15) is 0 Å². The van der Waals surface area contributed by atoms with Gasteiger partial charge in [-0.15, -0.1) is 0 Å². The molecule has 3 rings (SSSR count). The van der Waals surface area contributed by atoms with Crippen LogP contribution >= 0.6 is 23.2 Å². The van der Waals surface area contributed by atoms with Crippen LogP contribution in [0.2, 0.25) is 10.0 Å². The van der Waals surface area contributed by atoms with E-state index >= 15 is 0 Å². The van der Waals surface area contributed by atoms with E-state index in [0.717, 1.165) is 10.5 Å². The van der Waals surface area contributed by atoms with Crippen molar-refractivity contribution in [3.63, 3.8) is 0 Å². The van der Waals surface area contributed by atoms with Gasteiger partial charge >= 0.3 is 12.1 Å². The van der Waals surface area contributed by atoms with Gasteiger partial charge in [0.15, 0.2) is 5.78 Å². The lowest BCUT2D eigenvalue weighted by atomic mass is 10.0. The standard InChI is InChI=1S/C25H21Cl2NO7/c1-3-34-25(33)28(13-21(30)31)18-9-11-20(23(27)22(18)26)35-16-8-10-19(29)17(12-16)24(32)15-6-4-14(2)5-7-15/h4-12,29H,3,13H2,1-2H3,(H,30,31). The average molecular weight is 518 g/mol. The quantitative estimate of drug-likeness (QED) is 0.348. The summed E-state index contributed by atoms with van der Waals surface area (Å²) in [5.74, 6) is -1.62. The summed E-state index contributed by atoms with van der Waals surface area (Å²) in [5, 5.41) is 19.2. The molecule has 35 heavy (non-hydrogen) atoms. The predicted octanol–water partition coefficient (Wildman–Crippen LogP) is 6.08. The Kier molecular flexibility index (Phi) is 8.22. The van der Waals surface area contributed by atoms with E-state index in [1.54, 1.807) is 31.2 Å². The number of carbonyl (C=O) groups excluding carboxylic acids is 2. The van der Waals surface area contributed by atoms with E-state index in [1.165, 1.54) is 30.3 Å². The fraction of sp³-hybridized carbons (Fsp3) is 0.160. The highest BCUT2D eigenvalue weighted by Gasteiger charge is 2.25. The van der Waals surface area contributed by atoms with Crippen LogP contribution in [0.3, 0.4) is 0 Å². The SMILES string of the molecule is CCOC(=O)N(CC(=O)O)c1ccc(Oc2ccc(O)c(C(=O)c3ccc(C)cc3)c2)c(Cl)c1Cl. The Balaban J connectivity index is 1.92. The summed E-state index contributed by atoms with van der Waals surface area (Å²) in [6, 6.07) is 13.8. The molecule has 3 aromatic carbocycles. The molecule has 0 fully saturated rings. The highest BCUT2D eigenvalue weighted by Crippen LogP contribution is 2.41. The molecule has 3 aromatic rings. The largest absolute Gasteiger partial charge is 0.507 e. The van der Waals surface area contributed by atoms with Crippen LogP contribution in [0, 0.1) is 6.92 Å². The number of carboxylic acids is 1. The molecule has 2 N–H and O–H groups in total. The predicted molar refractivity (Wildman–Crippen MR) is 131 cm³/mol. The number of rotatable bonds is 8. The molecule has 0 aliphatic rings. The molecule has 0 spiro atoms. The van der Waals surface area contributed by atoms with Crippen molar-refractivity contribution in [2.75, 3.05) is 18.1 Å². The number of nitrogens with zero attached hydrogens (tertiary/aromatic N) is 1. The third kappa shape index (κ3) is 6.03. The van der Waals surface area contributed by atoms with Gasteiger partial charge < -0.3 is 19.7 Å². The summed E-state index contributed by atoms with van der Waals surface area (Å²) < 4.78 is 10.7. The monoisotopic (exact) mass is 517 g/mol. The molecule has 10 heteroatoms. The van der Waals surface area contributed by atoms with E-state index in [2.05, 4.69) is 0 Å².